The van der Waals surface area contributed by atoms with Gasteiger partial charge in [0.25, 0.3) is 0 Å². The zero-order valence-corrected chi connectivity index (χ0v) is 9.94. The lowest BCUT2D eigenvalue weighted by Gasteiger charge is -2.09. The highest BCUT2D eigenvalue weighted by molar-refractivity contribution is 5.78. The molecule has 1 amide bonds. The molecule has 1 aromatic rings. The summed E-state index contributed by atoms with van der Waals surface area (Å²) in [5.41, 5.74) is 7.52. The topological polar surface area (TPSA) is 78.9 Å². The number of nitrogens with one attached hydrogen (secondary N) is 1. The second kappa shape index (κ2) is 6.66. The summed E-state index contributed by atoms with van der Waals surface area (Å²) in [6, 6.07) is 9.68. The molecule has 0 fully saturated rings. The van der Waals surface area contributed by atoms with Gasteiger partial charge in [0.1, 0.15) is 0 Å². The monoisotopic (exact) mass is 231 g/mol. The fraction of sp³-hybridized carbons (Fsp3) is 0.385. The standard InChI is InChI=1S/C13H17N3O/c1-10(7-14)9-16-13(17)6-11-4-2-3-5-12(11)8-15/h2-5,10H,6,8-9,15H2,1H3,(H,16,17). The molecule has 0 aliphatic carbocycles. The third kappa shape index (κ3) is 4.25. The van der Waals surface area contributed by atoms with Crippen molar-refractivity contribution in [1.29, 1.82) is 5.26 Å². The molecule has 0 spiro atoms. The van der Waals surface area contributed by atoms with Crippen molar-refractivity contribution in [2.75, 3.05) is 6.54 Å². The van der Waals surface area contributed by atoms with Crippen LogP contribution in [0.2, 0.25) is 0 Å². The molecule has 1 unspecified atom stereocenters. The van der Waals surface area contributed by atoms with Gasteiger partial charge in [0.2, 0.25) is 5.91 Å². The number of benzene rings is 1. The lowest BCUT2D eigenvalue weighted by atomic mass is 10.0. The smallest absolute Gasteiger partial charge is 0.224 e. The van der Waals surface area contributed by atoms with Crippen LogP contribution in [-0.2, 0) is 17.8 Å². The fourth-order valence-electron chi connectivity index (χ4n) is 1.48. The van der Waals surface area contributed by atoms with Gasteiger partial charge in [-0.3, -0.25) is 4.79 Å². The predicted octanol–water partition coefficient (Wildman–Crippen LogP) is 0.964. The average molecular weight is 231 g/mol. The summed E-state index contributed by atoms with van der Waals surface area (Å²) in [5.74, 6) is -0.239. The van der Waals surface area contributed by atoms with Gasteiger partial charge in [0, 0.05) is 13.1 Å². The molecule has 0 aliphatic heterocycles. The molecule has 17 heavy (non-hydrogen) atoms. The molecule has 0 saturated heterocycles. The van der Waals surface area contributed by atoms with Crippen LogP contribution >= 0.6 is 0 Å². The van der Waals surface area contributed by atoms with E-state index in [1.165, 1.54) is 0 Å². The van der Waals surface area contributed by atoms with Crippen molar-refractivity contribution in [3.8, 4) is 6.07 Å². The van der Waals surface area contributed by atoms with E-state index in [0.717, 1.165) is 11.1 Å². The second-order valence-electron chi connectivity index (χ2n) is 3.98. The highest BCUT2D eigenvalue weighted by Crippen LogP contribution is 2.08. The largest absolute Gasteiger partial charge is 0.355 e. The number of hydrogen-bond acceptors (Lipinski definition) is 3. The highest BCUT2D eigenvalue weighted by Gasteiger charge is 2.07. The molecule has 4 heteroatoms. The van der Waals surface area contributed by atoms with E-state index in [4.69, 9.17) is 11.0 Å². The minimum atomic E-state index is -0.163. The summed E-state index contributed by atoms with van der Waals surface area (Å²) in [7, 11) is 0. The van der Waals surface area contributed by atoms with Crippen LogP contribution in [-0.4, -0.2) is 12.5 Å². The Labute approximate surface area is 101 Å². The van der Waals surface area contributed by atoms with E-state index in [2.05, 4.69) is 11.4 Å². The zero-order valence-electron chi connectivity index (χ0n) is 9.94. The van der Waals surface area contributed by atoms with Crippen molar-refractivity contribution < 1.29 is 4.79 Å². The van der Waals surface area contributed by atoms with Crippen molar-refractivity contribution in [2.24, 2.45) is 11.7 Å². The molecule has 0 aromatic heterocycles. The van der Waals surface area contributed by atoms with Crippen LogP contribution in [0.5, 0.6) is 0 Å². The summed E-state index contributed by atoms with van der Waals surface area (Å²) >= 11 is 0. The van der Waals surface area contributed by atoms with Gasteiger partial charge in [-0.1, -0.05) is 24.3 Å². The fourth-order valence-corrected chi connectivity index (χ4v) is 1.48. The Bertz CT molecular complexity index is 423. The van der Waals surface area contributed by atoms with Gasteiger partial charge in [-0.25, -0.2) is 0 Å². The Balaban J connectivity index is 2.54. The first-order valence-corrected chi connectivity index (χ1v) is 5.60. The zero-order chi connectivity index (χ0) is 12.7. The third-order valence-electron chi connectivity index (χ3n) is 2.52. The number of nitrogens with two attached hydrogens (primary N) is 1. The molecule has 4 nitrogen and oxygen atoms in total. The van der Waals surface area contributed by atoms with Crippen LogP contribution in [0, 0.1) is 17.2 Å². The Morgan fingerprint density at radius 1 is 1.47 bits per heavy atom. The molecule has 0 aliphatic rings. The van der Waals surface area contributed by atoms with Crippen LogP contribution in [0.1, 0.15) is 18.1 Å². The summed E-state index contributed by atoms with van der Waals surface area (Å²) < 4.78 is 0. The Morgan fingerprint density at radius 2 is 2.12 bits per heavy atom. The molecule has 0 heterocycles. The summed E-state index contributed by atoms with van der Waals surface area (Å²) in [6.07, 6.45) is 0.311. The number of nitrogens with zero attached hydrogens (tertiary/aromatic N) is 1. The van der Waals surface area contributed by atoms with Gasteiger partial charge in [-0.15, -0.1) is 0 Å². The quantitative estimate of drug-likeness (QED) is 0.792. The summed E-state index contributed by atoms with van der Waals surface area (Å²) in [6.45, 7) is 2.59. The molecule has 0 bridgehead atoms. The van der Waals surface area contributed by atoms with Crippen molar-refractivity contribution in [2.45, 2.75) is 19.9 Å². The van der Waals surface area contributed by atoms with Gasteiger partial charge in [-0.2, -0.15) is 5.26 Å². The van der Waals surface area contributed by atoms with E-state index in [-0.39, 0.29) is 11.8 Å². The van der Waals surface area contributed by atoms with Crippen LogP contribution < -0.4 is 11.1 Å². The molecule has 0 radical (unpaired) electrons. The first-order chi connectivity index (χ1) is 8.17. The molecular formula is C13H17N3O. The molecule has 1 aromatic carbocycles. The number of rotatable bonds is 5. The van der Waals surface area contributed by atoms with Crippen LogP contribution in [0.15, 0.2) is 24.3 Å². The van der Waals surface area contributed by atoms with Crippen molar-refractivity contribution >= 4 is 5.91 Å². The van der Waals surface area contributed by atoms with E-state index >= 15 is 0 Å². The van der Waals surface area contributed by atoms with Crippen molar-refractivity contribution in [3.63, 3.8) is 0 Å². The van der Waals surface area contributed by atoms with E-state index in [9.17, 15) is 4.79 Å². The van der Waals surface area contributed by atoms with Crippen LogP contribution in [0.4, 0.5) is 0 Å². The number of nitriles is 1. The Hall–Kier alpha value is -1.86. The SMILES string of the molecule is CC(C#N)CNC(=O)Cc1ccccc1CN. The Morgan fingerprint density at radius 3 is 2.71 bits per heavy atom. The van der Waals surface area contributed by atoms with E-state index < -0.39 is 0 Å². The lowest BCUT2D eigenvalue weighted by Crippen LogP contribution is -2.29. The minimum absolute atomic E-state index is 0.0759. The first kappa shape index (κ1) is 13.2. The molecule has 1 rings (SSSR count). The third-order valence-corrected chi connectivity index (χ3v) is 2.52. The lowest BCUT2D eigenvalue weighted by molar-refractivity contribution is -0.120. The van der Waals surface area contributed by atoms with Crippen LogP contribution in [0.3, 0.4) is 0 Å². The number of hydrogen-bond donors (Lipinski definition) is 2. The minimum Gasteiger partial charge on any atom is -0.355 e. The molecule has 3 N–H and O–H groups in total. The van der Waals surface area contributed by atoms with Gasteiger partial charge in [0.05, 0.1) is 18.4 Å². The van der Waals surface area contributed by atoms with Crippen LogP contribution in [0.25, 0.3) is 0 Å². The number of carbonyl (C=O) groups is 1. The summed E-state index contributed by atoms with van der Waals surface area (Å²) in [5, 5.41) is 11.3. The number of amides is 1. The Kier molecular flexibility index (Phi) is 5.18. The van der Waals surface area contributed by atoms with E-state index in [1.807, 2.05) is 24.3 Å². The normalized spacial score (nSPS) is 11.6. The highest BCUT2D eigenvalue weighted by atomic mass is 16.1. The number of carbonyl (C=O) groups excluding carboxylic acids is 1. The first-order valence-electron chi connectivity index (χ1n) is 5.60. The average Bonchev–Trinajstić information content (AvgIpc) is 2.36. The van der Waals surface area contributed by atoms with Crippen molar-refractivity contribution in [1.82, 2.24) is 5.32 Å². The predicted molar refractivity (Wildman–Crippen MR) is 65.8 cm³/mol. The maximum absolute atomic E-state index is 11.6. The summed E-state index contributed by atoms with van der Waals surface area (Å²) in [4.78, 5) is 11.6. The van der Waals surface area contributed by atoms with E-state index in [0.29, 0.717) is 19.5 Å². The molecule has 1 atom stereocenters. The van der Waals surface area contributed by atoms with Gasteiger partial charge in [0.15, 0.2) is 0 Å². The maximum Gasteiger partial charge on any atom is 0.224 e. The molecule has 0 saturated carbocycles. The van der Waals surface area contributed by atoms with Crippen molar-refractivity contribution in [3.05, 3.63) is 35.4 Å². The van der Waals surface area contributed by atoms with Gasteiger partial charge in [-0.05, 0) is 18.1 Å². The second-order valence-corrected chi connectivity index (χ2v) is 3.98. The maximum atomic E-state index is 11.6. The van der Waals surface area contributed by atoms with Gasteiger partial charge < -0.3 is 11.1 Å². The molecule has 90 valence electrons. The van der Waals surface area contributed by atoms with E-state index in [1.54, 1.807) is 6.92 Å². The van der Waals surface area contributed by atoms with Gasteiger partial charge >= 0.3 is 0 Å². The molecular weight excluding hydrogens is 214 g/mol.